The third-order valence-corrected chi connectivity index (χ3v) is 5.49. The summed E-state index contributed by atoms with van der Waals surface area (Å²) in [5.74, 6) is -1.37. The third kappa shape index (κ3) is 5.11. The molecule has 160 valence electrons. The van der Waals surface area contributed by atoms with Crippen molar-refractivity contribution in [3.63, 3.8) is 0 Å². The lowest BCUT2D eigenvalue weighted by atomic mass is 9.80. The number of hydrogen-bond acceptors (Lipinski definition) is 6. The van der Waals surface area contributed by atoms with E-state index in [4.69, 9.17) is 15.5 Å². The molecule has 1 heterocycles. The number of carboxylic acids is 2. The minimum atomic E-state index is -1.08. The molecule has 0 radical (unpaired) electrons. The topological polar surface area (TPSA) is 159 Å². The van der Waals surface area contributed by atoms with Gasteiger partial charge < -0.3 is 10.2 Å². The van der Waals surface area contributed by atoms with Gasteiger partial charge in [-0.1, -0.05) is 25.2 Å². The number of carbonyl (C=O) groups is 2. The summed E-state index contributed by atoms with van der Waals surface area (Å²) in [6, 6.07) is 2.03. The molecule has 1 aromatic heterocycles. The zero-order valence-electron chi connectivity index (χ0n) is 16.8. The van der Waals surface area contributed by atoms with Gasteiger partial charge in [0, 0.05) is 5.57 Å². The highest BCUT2D eigenvalue weighted by molar-refractivity contribution is 5.90. The number of rotatable bonds is 4. The zero-order valence-corrected chi connectivity index (χ0v) is 16.8. The van der Waals surface area contributed by atoms with Crippen LogP contribution in [0.4, 0.5) is 5.69 Å². The van der Waals surface area contributed by atoms with Gasteiger partial charge >= 0.3 is 17.6 Å². The minimum Gasteiger partial charge on any atom is -0.481 e. The van der Waals surface area contributed by atoms with Crippen LogP contribution in [0.25, 0.3) is 0 Å². The Morgan fingerprint density at radius 2 is 1.97 bits per heavy atom. The molecule has 10 nitrogen and oxygen atoms in total. The molecule has 0 bridgehead atoms. The molecule has 2 aliphatic rings. The molecule has 0 aliphatic heterocycles. The Morgan fingerprint density at radius 1 is 1.33 bits per heavy atom. The van der Waals surface area contributed by atoms with E-state index in [0.717, 1.165) is 25.7 Å². The number of nitro groups is 1. The van der Waals surface area contributed by atoms with Gasteiger partial charge in [0.15, 0.2) is 0 Å². The van der Waals surface area contributed by atoms with Crippen LogP contribution in [0.1, 0.15) is 57.7 Å². The van der Waals surface area contributed by atoms with Gasteiger partial charge in [0.1, 0.15) is 12.3 Å². The van der Waals surface area contributed by atoms with E-state index in [0.29, 0.717) is 5.92 Å². The predicted octanol–water partition coefficient (Wildman–Crippen LogP) is 3.46. The molecule has 30 heavy (non-hydrogen) atoms. The molecule has 0 aromatic carbocycles. The first kappa shape index (κ1) is 22.8. The summed E-state index contributed by atoms with van der Waals surface area (Å²) in [5.41, 5.74) is -1.06. The molecule has 3 rings (SSSR count). The van der Waals surface area contributed by atoms with Crippen molar-refractivity contribution in [2.75, 3.05) is 0 Å². The first-order valence-corrected chi connectivity index (χ1v) is 9.56. The highest BCUT2D eigenvalue weighted by Gasteiger charge is 2.34. The number of aromatic nitrogens is 2. The van der Waals surface area contributed by atoms with Crippen LogP contribution in [0.2, 0.25) is 0 Å². The lowest BCUT2D eigenvalue weighted by Gasteiger charge is -2.26. The number of aliphatic carboxylic acids is 2. The van der Waals surface area contributed by atoms with Gasteiger partial charge in [0.25, 0.3) is 0 Å². The number of allylic oxidation sites excluding steroid dienone is 2. The van der Waals surface area contributed by atoms with Crippen molar-refractivity contribution in [3.8, 4) is 6.07 Å². The summed E-state index contributed by atoms with van der Waals surface area (Å²) in [6.07, 6.45) is 9.66. The largest absolute Gasteiger partial charge is 0.481 e. The molecule has 0 spiro atoms. The van der Waals surface area contributed by atoms with E-state index >= 15 is 0 Å². The summed E-state index contributed by atoms with van der Waals surface area (Å²) >= 11 is 0. The summed E-state index contributed by atoms with van der Waals surface area (Å²) < 4.78 is 1.53. The molecule has 1 saturated carbocycles. The van der Waals surface area contributed by atoms with E-state index in [9.17, 15) is 19.7 Å². The maximum Gasteiger partial charge on any atom is 0.331 e. The molecule has 0 amide bonds. The highest BCUT2D eigenvalue weighted by atomic mass is 16.6. The van der Waals surface area contributed by atoms with Gasteiger partial charge in [-0.15, -0.1) is 0 Å². The van der Waals surface area contributed by atoms with E-state index < -0.39 is 22.3 Å². The van der Waals surface area contributed by atoms with Crippen LogP contribution in [-0.4, -0.2) is 36.9 Å². The second-order valence-electron chi connectivity index (χ2n) is 7.86. The maximum absolute atomic E-state index is 10.8. The smallest absolute Gasteiger partial charge is 0.331 e. The quantitative estimate of drug-likeness (QED) is 0.557. The van der Waals surface area contributed by atoms with Gasteiger partial charge in [-0.25, -0.2) is 9.48 Å². The first-order chi connectivity index (χ1) is 14.1. The van der Waals surface area contributed by atoms with E-state index in [2.05, 4.69) is 12.0 Å². The van der Waals surface area contributed by atoms with Gasteiger partial charge in [0.05, 0.1) is 16.4 Å². The standard InChI is InChI=1S/C11H14N4O2.C9H10O4/c1-8-2-4-9(5-3-8)14-10(6-12)11(7-13-14)15(16)17;1-9(8(12)13)4-2-3-6(5-9)7(10)11/h7-9H,2-5H2,1H3;2-4H,5H2,1H3,(H,10,11)(H,12,13). The van der Waals surface area contributed by atoms with Crippen molar-refractivity contribution >= 4 is 17.6 Å². The van der Waals surface area contributed by atoms with Crippen LogP contribution in [0.15, 0.2) is 30.0 Å². The van der Waals surface area contributed by atoms with Crippen molar-refractivity contribution in [2.24, 2.45) is 11.3 Å². The molecule has 2 aliphatic carbocycles. The Hall–Kier alpha value is -3.48. The van der Waals surface area contributed by atoms with Crippen LogP contribution in [0.5, 0.6) is 0 Å². The van der Waals surface area contributed by atoms with E-state index in [1.54, 1.807) is 0 Å². The third-order valence-electron chi connectivity index (χ3n) is 5.49. The molecule has 1 unspecified atom stereocenters. The summed E-state index contributed by atoms with van der Waals surface area (Å²) in [6.45, 7) is 3.70. The van der Waals surface area contributed by atoms with Gasteiger partial charge in [-0.3, -0.25) is 14.9 Å². The molecule has 1 aromatic rings. The van der Waals surface area contributed by atoms with E-state index in [1.165, 1.54) is 36.0 Å². The average Bonchev–Trinajstić information content (AvgIpc) is 3.13. The predicted molar refractivity (Wildman–Crippen MR) is 105 cm³/mol. The van der Waals surface area contributed by atoms with Gasteiger partial charge in [0.2, 0.25) is 5.69 Å². The van der Waals surface area contributed by atoms with Crippen LogP contribution < -0.4 is 0 Å². The van der Waals surface area contributed by atoms with E-state index in [1.807, 2.05) is 6.07 Å². The Balaban J connectivity index is 0.000000222. The van der Waals surface area contributed by atoms with Crippen LogP contribution in [0, 0.1) is 32.8 Å². The SMILES string of the molecule is CC1(C(=O)O)C=CC=C(C(=O)O)C1.CC1CCC(n2ncc([N+](=O)[O-])c2C#N)CC1. The molecular weight excluding hydrogens is 392 g/mol. The van der Waals surface area contributed by atoms with Gasteiger partial charge in [-0.2, -0.15) is 10.4 Å². The van der Waals surface area contributed by atoms with Crippen LogP contribution in [0.3, 0.4) is 0 Å². The number of nitrogens with zero attached hydrogens (tertiary/aromatic N) is 4. The second-order valence-corrected chi connectivity index (χ2v) is 7.86. The summed E-state index contributed by atoms with van der Waals surface area (Å²) in [4.78, 5) is 31.5. The van der Waals surface area contributed by atoms with Crippen LogP contribution in [-0.2, 0) is 9.59 Å². The van der Waals surface area contributed by atoms with Crippen molar-refractivity contribution in [1.82, 2.24) is 9.78 Å². The van der Waals surface area contributed by atoms with Crippen LogP contribution >= 0.6 is 0 Å². The molecular formula is C20H24N4O6. The maximum atomic E-state index is 10.8. The number of carboxylic acid groups (broad SMARTS) is 2. The lowest BCUT2D eigenvalue weighted by Crippen LogP contribution is -2.28. The molecule has 1 atom stereocenters. The van der Waals surface area contributed by atoms with Crippen molar-refractivity contribution < 1.29 is 24.7 Å². The Labute approximate surface area is 173 Å². The van der Waals surface area contributed by atoms with Gasteiger partial charge in [-0.05, 0) is 44.9 Å². The lowest BCUT2D eigenvalue weighted by molar-refractivity contribution is -0.385. The number of hydrogen-bond donors (Lipinski definition) is 2. The Morgan fingerprint density at radius 3 is 2.47 bits per heavy atom. The molecule has 0 saturated heterocycles. The normalized spacial score (nSPS) is 25.3. The zero-order chi connectivity index (χ0) is 22.5. The summed E-state index contributed by atoms with van der Waals surface area (Å²) in [5, 5.41) is 41.2. The minimum absolute atomic E-state index is 0.0359. The number of nitriles is 1. The second kappa shape index (κ2) is 9.35. The molecule has 10 heteroatoms. The molecule has 1 fully saturated rings. The monoisotopic (exact) mass is 416 g/mol. The highest BCUT2D eigenvalue weighted by Crippen LogP contribution is 2.34. The van der Waals surface area contributed by atoms with Crippen molar-refractivity contribution in [1.29, 1.82) is 5.26 Å². The van der Waals surface area contributed by atoms with E-state index in [-0.39, 0.29) is 29.4 Å². The van der Waals surface area contributed by atoms with Crippen molar-refractivity contribution in [3.05, 3.63) is 45.8 Å². The molecule has 2 N–H and O–H groups in total. The fourth-order valence-corrected chi connectivity index (χ4v) is 3.54. The Bertz CT molecular complexity index is 934. The fourth-order valence-electron chi connectivity index (χ4n) is 3.54. The summed E-state index contributed by atoms with van der Waals surface area (Å²) in [7, 11) is 0. The average molecular weight is 416 g/mol. The fraction of sp³-hybridized carbons (Fsp3) is 0.500. The van der Waals surface area contributed by atoms with Crippen molar-refractivity contribution in [2.45, 2.75) is 52.0 Å². The Kier molecular flexibility index (Phi) is 7.10. The first-order valence-electron chi connectivity index (χ1n) is 9.56.